The predicted molar refractivity (Wildman–Crippen MR) is 71.2 cm³/mol. The van der Waals surface area contributed by atoms with E-state index in [-0.39, 0.29) is 11.0 Å². The molecule has 1 aliphatic rings. The normalized spacial score (nSPS) is 17.4. The standard InChI is InChI=1S/C12H12BrF2NO2S/c1-8-2-4-16(5-3-8)19(17,18)12-10(13)6-9(14)7-11(12)15/h2,6-7H,3-5H2,1H3. The molecule has 1 aliphatic heterocycles. The number of sulfonamides is 1. The molecular formula is C12H12BrF2NO2S. The van der Waals surface area contributed by atoms with Crippen LogP contribution in [0.5, 0.6) is 0 Å². The van der Waals surface area contributed by atoms with E-state index in [1.54, 1.807) is 6.08 Å². The second-order valence-corrected chi connectivity index (χ2v) is 7.09. The number of hydrogen-bond donors (Lipinski definition) is 0. The minimum atomic E-state index is -3.96. The lowest BCUT2D eigenvalue weighted by molar-refractivity contribution is 0.426. The average Bonchev–Trinajstić information content (AvgIpc) is 2.27. The van der Waals surface area contributed by atoms with Gasteiger partial charge in [-0.2, -0.15) is 4.31 Å². The highest BCUT2D eigenvalue weighted by Gasteiger charge is 2.30. The van der Waals surface area contributed by atoms with E-state index in [1.165, 1.54) is 4.31 Å². The summed E-state index contributed by atoms with van der Waals surface area (Å²) in [5.41, 5.74) is 1.10. The Morgan fingerprint density at radius 3 is 2.53 bits per heavy atom. The Morgan fingerprint density at radius 2 is 2.00 bits per heavy atom. The van der Waals surface area contributed by atoms with Crippen LogP contribution in [0.25, 0.3) is 0 Å². The van der Waals surface area contributed by atoms with Crippen molar-refractivity contribution in [3.05, 3.63) is 39.9 Å². The van der Waals surface area contributed by atoms with Crippen molar-refractivity contribution in [3.63, 3.8) is 0 Å². The summed E-state index contributed by atoms with van der Waals surface area (Å²) in [5, 5.41) is 0. The highest BCUT2D eigenvalue weighted by Crippen LogP contribution is 2.30. The largest absolute Gasteiger partial charge is 0.247 e. The van der Waals surface area contributed by atoms with Gasteiger partial charge in [-0.05, 0) is 35.3 Å². The van der Waals surface area contributed by atoms with E-state index in [2.05, 4.69) is 15.9 Å². The van der Waals surface area contributed by atoms with Crippen LogP contribution in [-0.4, -0.2) is 25.8 Å². The number of hydrogen-bond acceptors (Lipinski definition) is 2. The summed E-state index contributed by atoms with van der Waals surface area (Å²) in [6.45, 7) is 2.42. The maximum atomic E-state index is 13.7. The third kappa shape index (κ3) is 2.88. The van der Waals surface area contributed by atoms with Gasteiger partial charge >= 0.3 is 0 Å². The summed E-state index contributed by atoms with van der Waals surface area (Å²) in [7, 11) is -3.96. The van der Waals surface area contributed by atoms with Gasteiger partial charge in [0.15, 0.2) is 0 Å². The molecule has 0 saturated heterocycles. The molecule has 0 bridgehead atoms. The molecule has 0 radical (unpaired) electrons. The van der Waals surface area contributed by atoms with Crippen molar-refractivity contribution in [1.82, 2.24) is 4.31 Å². The first kappa shape index (κ1) is 14.6. The summed E-state index contributed by atoms with van der Waals surface area (Å²) in [6, 6.07) is 1.52. The molecule has 0 amide bonds. The first-order valence-electron chi connectivity index (χ1n) is 5.62. The topological polar surface area (TPSA) is 37.4 Å². The van der Waals surface area contributed by atoms with E-state index in [4.69, 9.17) is 0 Å². The summed E-state index contributed by atoms with van der Waals surface area (Å²) in [5.74, 6) is -1.91. The van der Waals surface area contributed by atoms with Crippen LogP contribution in [0.15, 0.2) is 33.2 Å². The van der Waals surface area contributed by atoms with Crippen LogP contribution in [0.2, 0.25) is 0 Å². The fourth-order valence-corrected chi connectivity index (χ4v) is 4.37. The summed E-state index contributed by atoms with van der Waals surface area (Å²) < 4.78 is 52.5. The Balaban J connectivity index is 2.46. The van der Waals surface area contributed by atoms with Crippen LogP contribution < -0.4 is 0 Å². The molecule has 0 N–H and O–H groups in total. The van der Waals surface area contributed by atoms with Crippen LogP contribution in [0, 0.1) is 11.6 Å². The SMILES string of the molecule is CC1=CCN(S(=O)(=O)c2c(F)cc(F)cc2Br)CC1. The second kappa shape index (κ2) is 5.30. The molecule has 1 heterocycles. The molecule has 3 nitrogen and oxygen atoms in total. The first-order chi connectivity index (χ1) is 8.82. The van der Waals surface area contributed by atoms with Gasteiger partial charge in [0, 0.05) is 23.6 Å². The Kier molecular flexibility index (Phi) is 4.08. The maximum Gasteiger partial charge on any atom is 0.247 e. The van der Waals surface area contributed by atoms with Gasteiger partial charge in [-0.1, -0.05) is 11.6 Å². The van der Waals surface area contributed by atoms with Crippen LogP contribution in [0.1, 0.15) is 13.3 Å². The van der Waals surface area contributed by atoms with Gasteiger partial charge in [0.1, 0.15) is 16.5 Å². The van der Waals surface area contributed by atoms with Crippen molar-refractivity contribution >= 4 is 26.0 Å². The van der Waals surface area contributed by atoms with Crippen LogP contribution in [-0.2, 0) is 10.0 Å². The lowest BCUT2D eigenvalue weighted by Gasteiger charge is -2.25. The van der Waals surface area contributed by atoms with Crippen molar-refractivity contribution in [3.8, 4) is 0 Å². The zero-order chi connectivity index (χ0) is 14.2. The highest BCUT2D eigenvalue weighted by molar-refractivity contribution is 9.10. The van der Waals surface area contributed by atoms with Crippen LogP contribution >= 0.6 is 15.9 Å². The minimum absolute atomic E-state index is 0.101. The molecule has 0 atom stereocenters. The van der Waals surface area contributed by atoms with E-state index >= 15 is 0 Å². The first-order valence-corrected chi connectivity index (χ1v) is 7.86. The molecule has 0 unspecified atom stereocenters. The predicted octanol–water partition coefficient (Wildman–Crippen LogP) is 3.07. The maximum absolute atomic E-state index is 13.7. The van der Waals surface area contributed by atoms with Crippen molar-refractivity contribution in [2.75, 3.05) is 13.1 Å². The average molecular weight is 352 g/mol. The molecule has 2 rings (SSSR count). The summed E-state index contributed by atoms with van der Waals surface area (Å²) in [6.07, 6.45) is 2.40. The van der Waals surface area contributed by atoms with Gasteiger partial charge in [0.2, 0.25) is 10.0 Å². The fraction of sp³-hybridized carbons (Fsp3) is 0.333. The monoisotopic (exact) mass is 351 g/mol. The van der Waals surface area contributed by atoms with Crippen molar-refractivity contribution in [1.29, 1.82) is 0 Å². The van der Waals surface area contributed by atoms with Gasteiger partial charge in [0.25, 0.3) is 0 Å². The zero-order valence-corrected chi connectivity index (χ0v) is 12.6. The molecule has 1 aromatic rings. The Morgan fingerprint density at radius 1 is 1.32 bits per heavy atom. The van der Waals surface area contributed by atoms with E-state index in [1.807, 2.05) is 6.92 Å². The lowest BCUT2D eigenvalue weighted by Crippen LogP contribution is -2.35. The van der Waals surface area contributed by atoms with Gasteiger partial charge in [-0.3, -0.25) is 0 Å². The van der Waals surface area contributed by atoms with E-state index in [9.17, 15) is 17.2 Å². The molecule has 19 heavy (non-hydrogen) atoms. The Labute approximate surface area is 119 Å². The number of nitrogens with zero attached hydrogens (tertiary/aromatic N) is 1. The van der Waals surface area contributed by atoms with Gasteiger partial charge in [0.05, 0.1) is 0 Å². The van der Waals surface area contributed by atoms with Gasteiger partial charge in [-0.25, -0.2) is 17.2 Å². The molecular weight excluding hydrogens is 340 g/mol. The number of benzene rings is 1. The van der Waals surface area contributed by atoms with Crippen molar-refractivity contribution in [2.45, 2.75) is 18.2 Å². The molecule has 0 spiro atoms. The van der Waals surface area contributed by atoms with Gasteiger partial charge in [-0.15, -0.1) is 0 Å². The summed E-state index contributed by atoms with van der Waals surface area (Å²) >= 11 is 2.91. The van der Waals surface area contributed by atoms with E-state index in [0.29, 0.717) is 19.0 Å². The van der Waals surface area contributed by atoms with E-state index < -0.39 is 26.6 Å². The van der Waals surface area contributed by atoms with E-state index in [0.717, 1.165) is 11.6 Å². The minimum Gasteiger partial charge on any atom is -0.207 e. The fourth-order valence-electron chi connectivity index (χ4n) is 1.87. The zero-order valence-electron chi connectivity index (χ0n) is 10.2. The molecule has 7 heteroatoms. The Hall–Kier alpha value is -0.790. The third-order valence-corrected chi connectivity index (χ3v) is 5.79. The molecule has 0 fully saturated rings. The third-order valence-electron chi connectivity index (χ3n) is 2.96. The van der Waals surface area contributed by atoms with Crippen molar-refractivity contribution < 1.29 is 17.2 Å². The van der Waals surface area contributed by atoms with Crippen molar-refractivity contribution in [2.24, 2.45) is 0 Å². The molecule has 1 aromatic carbocycles. The second-order valence-electron chi connectivity index (χ2n) is 4.36. The van der Waals surface area contributed by atoms with Crippen LogP contribution in [0.3, 0.4) is 0 Å². The lowest BCUT2D eigenvalue weighted by atomic mass is 10.1. The molecule has 0 aliphatic carbocycles. The van der Waals surface area contributed by atoms with Crippen LogP contribution in [0.4, 0.5) is 8.78 Å². The molecule has 104 valence electrons. The smallest absolute Gasteiger partial charge is 0.207 e. The number of rotatable bonds is 2. The Bertz CT molecular complexity index is 620. The molecule has 0 aromatic heterocycles. The number of halogens is 3. The quantitative estimate of drug-likeness (QED) is 0.768. The summed E-state index contributed by atoms with van der Waals surface area (Å²) in [4.78, 5) is -0.512. The van der Waals surface area contributed by atoms with Gasteiger partial charge < -0.3 is 0 Å². The highest BCUT2D eigenvalue weighted by atomic mass is 79.9. The molecule has 0 saturated carbocycles.